The Kier molecular flexibility index (Phi) is 5.75. The largest absolute Gasteiger partial charge is 0.349 e. The molecule has 1 fully saturated rings. The van der Waals surface area contributed by atoms with Crippen LogP contribution in [0.3, 0.4) is 0 Å². The SMILES string of the molecule is O=C(NC1CCCCCC1)c1cccc(C(=O)N2CCc3ccccc3C2)c1. The summed E-state index contributed by atoms with van der Waals surface area (Å²) in [6.07, 6.45) is 7.86. The maximum atomic E-state index is 13.0. The van der Waals surface area contributed by atoms with Gasteiger partial charge in [-0.3, -0.25) is 9.59 Å². The van der Waals surface area contributed by atoms with Crippen molar-refractivity contribution in [3.05, 3.63) is 70.8 Å². The lowest BCUT2D eigenvalue weighted by Gasteiger charge is -2.29. The summed E-state index contributed by atoms with van der Waals surface area (Å²) in [5.41, 5.74) is 3.70. The van der Waals surface area contributed by atoms with E-state index in [0.29, 0.717) is 24.2 Å². The second kappa shape index (κ2) is 8.59. The van der Waals surface area contributed by atoms with Gasteiger partial charge in [-0.2, -0.15) is 0 Å². The van der Waals surface area contributed by atoms with E-state index in [1.54, 1.807) is 12.1 Å². The Morgan fingerprint density at radius 3 is 2.36 bits per heavy atom. The number of benzene rings is 2. The van der Waals surface area contributed by atoms with Gasteiger partial charge in [0, 0.05) is 30.3 Å². The fourth-order valence-electron chi connectivity index (χ4n) is 4.34. The number of carbonyl (C=O) groups is 2. The Balaban J connectivity index is 1.44. The molecule has 2 aromatic carbocycles. The van der Waals surface area contributed by atoms with Crippen LogP contribution in [-0.4, -0.2) is 29.3 Å². The molecule has 2 aromatic rings. The van der Waals surface area contributed by atoms with E-state index >= 15 is 0 Å². The van der Waals surface area contributed by atoms with E-state index < -0.39 is 0 Å². The fraction of sp³-hybridized carbons (Fsp3) is 0.417. The second-order valence-electron chi connectivity index (χ2n) is 7.99. The second-order valence-corrected chi connectivity index (χ2v) is 7.99. The lowest BCUT2D eigenvalue weighted by atomic mass is 9.99. The van der Waals surface area contributed by atoms with Gasteiger partial charge in [0.05, 0.1) is 0 Å². The van der Waals surface area contributed by atoms with Crippen LogP contribution in [0.4, 0.5) is 0 Å². The minimum absolute atomic E-state index is 0.00128. The van der Waals surface area contributed by atoms with Crippen molar-refractivity contribution < 1.29 is 9.59 Å². The number of rotatable bonds is 3. The van der Waals surface area contributed by atoms with Crippen molar-refractivity contribution in [2.45, 2.75) is 57.5 Å². The molecule has 28 heavy (non-hydrogen) atoms. The molecule has 0 radical (unpaired) electrons. The highest BCUT2D eigenvalue weighted by Crippen LogP contribution is 2.21. The molecule has 1 heterocycles. The van der Waals surface area contributed by atoms with Crippen molar-refractivity contribution in [1.29, 1.82) is 0 Å². The third kappa shape index (κ3) is 4.27. The summed E-state index contributed by atoms with van der Waals surface area (Å²) in [4.78, 5) is 27.6. The lowest BCUT2D eigenvalue weighted by Crippen LogP contribution is -2.36. The molecule has 1 saturated carbocycles. The van der Waals surface area contributed by atoms with E-state index in [2.05, 4.69) is 17.4 Å². The first-order valence-corrected chi connectivity index (χ1v) is 10.5. The Labute approximate surface area is 166 Å². The topological polar surface area (TPSA) is 49.4 Å². The van der Waals surface area contributed by atoms with E-state index in [1.165, 1.54) is 36.8 Å². The van der Waals surface area contributed by atoms with Crippen LogP contribution in [0.1, 0.15) is 70.4 Å². The third-order valence-corrected chi connectivity index (χ3v) is 5.98. The van der Waals surface area contributed by atoms with Crippen molar-refractivity contribution in [2.24, 2.45) is 0 Å². The van der Waals surface area contributed by atoms with Crippen LogP contribution in [0.5, 0.6) is 0 Å². The summed E-state index contributed by atoms with van der Waals surface area (Å²) in [5, 5.41) is 3.17. The first-order chi connectivity index (χ1) is 13.7. The van der Waals surface area contributed by atoms with Crippen molar-refractivity contribution in [1.82, 2.24) is 10.2 Å². The molecule has 4 heteroatoms. The molecule has 0 spiro atoms. The Hall–Kier alpha value is -2.62. The smallest absolute Gasteiger partial charge is 0.254 e. The number of fused-ring (bicyclic) bond motifs is 1. The molecule has 4 rings (SSSR count). The first-order valence-electron chi connectivity index (χ1n) is 10.5. The highest BCUT2D eigenvalue weighted by molar-refractivity contribution is 5.99. The number of nitrogens with one attached hydrogen (secondary N) is 1. The van der Waals surface area contributed by atoms with Gasteiger partial charge < -0.3 is 10.2 Å². The van der Waals surface area contributed by atoms with Crippen LogP contribution in [0, 0.1) is 0 Å². The quantitative estimate of drug-likeness (QED) is 0.810. The predicted octanol–water partition coefficient (Wildman–Crippen LogP) is 4.34. The summed E-state index contributed by atoms with van der Waals surface area (Å²) in [7, 11) is 0. The maximum absolute atomic E-state index is 13.0. The van der Waals surface area contributed by atoms with Gasteiger partial charge in [-0.15, -0.1) is 0 Å². The molecule has 1 aliphatic carbocycles. The molecule has 1 aliphatic heterocycles. The van der Waals surface area contributed by atoms with Gasteiger partial charge >= 0.3 is 0 Å². The fourth-order valence-corrected chi connectivity index (χ4v) is 4.34. The number of hydrogen-bond acceptors (Lipinski definition) is 2. The molecule has 4 nitrogen and oxygen atoms in total. The summed E-state index contributed by atoms with van der Waals surface area (Å²) >= 11 is 0. The van der Waals surface area contributed by atoms with Crippen molar-refractivity contribution in [3.8, 4) is 0 Å². The van der Waals surface area contributed by atoms with E-state index in [9.17, 15) is 9.59 Å². The van der Waals surface area contributed by atoms with Crippen LogP contribution >= 0.6 is 0 Å². The predicted molar refractivity (Wildman–Crippen MR) is 110 cm³/mol. The van der Waals surface area contributed by atoms with Gasteiger partial charge in [0.25, 0.3) is 11.8 Å². The number of amides is 2. The van der Waals surface area contributed by atoms with Gasteiger partial charge in [0.1, 0.15) is 0 Å². The summed E-state index contributed by atoms with van der Waals surface area (Å²) in [6, 6.07) is 15.7. The van der Waals surface area contributed by atoms with Crippen LogP contribution in [0.2, 0.25) is 0 Å². The van der Waals surface area contributed by atoms with Gasteiger partial charge in [0.2, 0.25) is 0 Å². The minimum atomic E-state index is -0.0643. The average Bonchev–Trinajstić information content (AvgIpc) is 3.01. The van der Waals surface area contributed by atoms with E-state index in [1.807, 2.05) is 29.2 Å². The highest BCUT2D eigenvalue weighted by Gasteiger charge is 2.22. The molecular weight excluding hydrogens is 348 g/mol. The van der Waals surface area contributed by atoms with Crippen LogP contribution < -0.4 is 5.32 Å². The van der Waals surface area contributed by atoms with Crippen LogP contribution in [0.15, 0.2) is 48.5 Å². The monoisotopic (exact) mass is 376 g/mol. The molecule has 0 atom stereocenters. The zero-order valence-electron chi connectivity index (χ0n) is 16.3. The van der Waals surface area contributed by atoms with Gasteiger partial charge in [-0.05, 0) is 48.6 Å². The van der Waals surface area contributed by atoms with E-state index in [-0.39, 0.29) is 17.9 Å². The molecule has 1 N–H and O–H groups in total. The third-order valence-electron chi connectivity index (χ3n) is 5.98. The van der Waals surface area contributed by atoms with Crippen LogP contribution in [0.25, 0.3) is 0 Å². The summed E-state index contributed by atoms with van der Waals surface area (Å²) < 4.78 is 0. The molecule has 2 amide bonds. The Morgan fingerprint density at radius 1 is 0.857 bits per heavy atom. The van der Waals surface area contributed by atoms with Gasteiger partial charge in [-0.25, -0.2) is 0 Å². The van der Waals surface area contributed by atoms with Crippen molar-refractivity contribution in [2.75, 3.05) is 6.54 Å². The maximum Gasteiger partial charge on any atom is 0.254 e. The van der Waals surface area contributed by atoms with E-state index in [4.69, 9.17) is 0 Å². The average molecular weight is 377 g/mol. The molecule has 0 aromatic heterocycles. The minimum Gasteiger partial charge on any atom is -0.349 e. The zero-order chi connectivity index (χ0) is 19.3. The molecule has 0 saturated heterocycles. The van der Waals surface area contributed by atoms with Crippen molar-refractivity contribution >= 4 is 11.8 Å². The van der Waals surface area contributed by atoms with Gasteiger partial charge in [-0.1, -0.05) is 56.0 Å². The number of hydrogen-bond donors (Lipinski definition) is 1. The standard InChI is InChI=1S/C24H28N2O2/c27-23(25-22-12-3-1-2-4-13-22)19-10-7-11-20(16-19)24(28)26-15-14-18-8-5-6-9-21(18)17-26/h5-11,16,22H,1-4,12-15,17H2,(H,25,27). The molecule has 2 aliphatic rings. The van der Waals surface area contributed by atoms with Crippen LogP contribution in [-0.2, 0) is 13.0 Å². The Morgan fingerprint density at radius 2 is 1.57 bits per heavy atom. The van der Waals surface area contributed by atoms with Gasteiger partial charge in [0.15, 0.2) is 0 Å². The number of nitrogens with zero attached hydrogens (tertiary/aromatic N) is 1. The lowest BCUT2D eigenvalue weighted by molar-refractivity contribution is 0.0734. The normalized spacial score (nSPS) is 17.5. The van der Waals surface area contributed by atoms with Crippen molar-refractivity contribution in [3.63, 3.8) is 0 Å². The first kappa shape index (κ1) is 18.7. The summed E-state index contributed by atoms with van der Waals surface area (Å²) in [6.45, 7) is 1.35. The molecule has 146 valence electrons. The van der Waals surface area contributed by atoms with E-state index in [0.717, 1.165) is 19.3 Å². The highest BCUT2D eigenvalue weighted by atomic mass is 16.2. The zero-order valence-corrected chi connectivity index (χ0v) is 16.3. The number of carbonyl (C=O) groups excluding carboxylic acids is 2. The Bertz CT molecular complexity index is 853. The summed E-state index contributed by atoms with van der Waals surface area (Å²) in [5.74, 6) is -0.0656. The molecule has 0 unspecified atom stereocenters. The molecular formula is C24H28N2O2. The molecule has 0 bridgehead atoms.